The Labute approximate surface area is 172 Å². The summed E-state index contributed by atoms with van der Waals surface area (Å²) in [6.45, 7) is 2.20. The standard InChI is InChI=1S/C29H24/c1-20-14-17-28-25(18-20)24-11-5-7-13-27(24)29(28)19-23-10-3-2-8-21(23)15-16-22-9-4-6-12-26(22)29/h2-14,17-18H,15-16,19H2,1H3. The van der Waals surface area contributed by atoms with Gasteiger partial charge in [-0.1, -0.05) is 96.6 Å². The van der Waals surface area contributed by atoms with Crippen molar-refractivity contribution < 1.29 is 0 Å². The lowest BCUT2D eigenvalue weighted by molar-refractivity contribution is 0.607. The molecule has 6 rings (SSSR count). The van der Waals surface area contributed by atoms with E-state index in [0.717, 1.165) is 19.3 Å². The van der Waals surface area contributed by atoms with Crippen LogP contribution >= 0.6 is 0 Å². The average molecular weight is 373 g/mol. The van der Waals surface area contributed by atoms with E-state index < -0.39 is 0 Å². The molecule has 4 aromatic carbocycles. The van der Waals surface area contributed by atoms with Gasteiger partial charge >= 0.3 is 0 Å². The Hall–Kier alpha value is -3.12. The fraction of sp³-hybridized carbons (Fsp3) is 0.172. The Morgan fingerprint density at radius 3 is 2.03 bits per heavy atom. The molecular weight excluding hydrogens is 348 g/mol. The van der Waals surface area contributed by atoms with Crippen molar-refractivity contribution in [2.75, 3.05) is 0 Å². The molecule has 2 aliphatic rings. The van der Waals surface area contributed by atoms with Crippen molar-refractivity contribution >= 4 is 0 Å². The normalized spacial score (nSPS) is 18.9. The fourth-order valence-electron chi connectivity index (χ4n) is 5.75. The van der Waals surface area contributed by atoms with Crippen LogP contribution in [0, 0.1) is 6.92 Å². The molecule has 0 radical (unpaired) electrons. The van der Waals surface area contributed by atoms with E-state index in [0.29, 0.717) is 0 Å². The molecule has 0 amide bonds. The molecule has 0 bridgehead atoms. The largest absolute Gasteiger partial charge is 0.0620 e. The van der Waals surface area contributed by atoms with Crippen LogP contribution in [0.25, 0.3) is 11.1 Å². The molecule has 1 unspecified atom stereocenters. The minimum Gasteiger partial charge on any atom is -0.0620 e. The van der Waals surface area contributed by atoms with Crippen LogP contribution in [0.15, 0.2) is 91.0 Å². The number of fused-ring (bicyclic) bond motifs is 8. The molecule has 140 valence electrons. The maximum atomic E-state index is 2.39. The van der Waals surface area contributed by atoms with E-state index in [2.05, 4.69) is 97.9 Å². The van der Waals surface area contributed by atoms with Crippen molar-refractivity contribution in [3.63, 3.8) is 0 Å². The smallest absolute Gasteiger partial charge is 0.0506 e. The molecule has 1 spiro atoms. The van der Waals surface area contributed by atoms with Crippen molar-refractivity contribution in [1.82, 2.24) is 0 Å². The molecule has 1 atom stereocenters. The summed E-state index contributed by atoms with van der Waals surface area (Å²) in [5, 5.41) is 0. The van der Waals surface area contributed by atoms with Crippen molar-refractivity contribution in [3.8, 4) is 11.1 Å². The van der Waals surface area contributed by atoms with Crippen LogP contribution in [-0.4, -0.2) is 0 Å². The Balaban J connectivity index is 1.75. The topological polar surface area (TPSA) is 0 Å². The lowest BCUT2D eigenvalue weighted by Gasteiger charge is -2.37. The Kier molecular flexibility index (Phi) is 3.59. The second-order valence-corrected chi connectivity index (χ2v) is 8.60. The third kappa shape index (κ3) is 2.32. The first-order chi connectivity index (χ1) is 14.3. The zero-order chi connectivity index (χ0) is 19.4. The molecule has 0 heteroatoms. The lowest BCUT2D eigenvalue weighted by Crippen LogP contribution is -2.32. The van der Waals surface area contributed by atoms with E-state index in [-0.39, 0.29) is 5.41 Å². The summed E-state index contributed by atoms with van der Waals surface area (Å²) < 4.78 is 0. The maximum Gasteiger partial charge on any atom is 0.0506 e. The molecule has 0 heterocycles. The van der Waals surface area contributed by atoms with Crippen LogP contribution in [-0.2, 0) is 24.7 Å². The third-order valence-corrected chi connectivity index (χ3v) is 7.03. The van der Waals surface area contributed by atoms with E-state index in [1.165, 1.54) is 50.1 Å². The molecule has 0 aromatic heterocycles. The van der Waals surface area contributed by atoms with E-state index in [1.54, 1.807) is 0 Å². The number of aryl methyl sites for hydroxylation is 3. The Bertz CT molecular complexity index is 1250. The second kappa shape index (κ2) is 6.19. The number of benzene rings is 4. The van der Waals surface area contributed by atoms with Crippen molar-refractivity contribution in [2.45, 2.75) is 31.6 Å². The van der Waals surface area contributed by atoms with Gasteiger partial charge in [-0.25, -0.2) is 0 Å². The molecule has 4 aromatic rings. The highest BCUT2D eigenvalue weighted by Crippen LogP contribution is 2.55. The van der Waals surface area contributed by atoms with Gasteiger partial charge in [0.15, 0.2) is 0 Å². The van der Waals surface area contributed by atoms with Gasteiger partial charge in [-0.3, -0.25) is 0 Å². The van der Waals surface area contributed by atoms with Crippen molar-refractivity contribution in [2.24, 2.45) is 0 Å². The minimum atomic E-state index is -0.118. The summed E-state index contributed by atoms with van der Waals surface area (Å²) in [5.74, 6) is 0. The molecular formula is C29H24. The molecule has 0 saturated carbocycles. The highest BCUT2D eigenvalue weighted by Gasteiger charge is 2.46. The van der Waals surface area contributed by atoms with E-state index in [4.69, 9.17) is 0 Å². The fourth-order valence-corrected chi connectivity index (χ4v) is 5.75. The van der Waals surface area contributed by atoms with Crippen LogP contribution in [0.2, 0.25) is 0 Å². The van der Waals surface area contributed by atoms with Crippen LogP contribution in [0.4, 0.5) is 0 Å². The Morgan fingerprint density at radius 1 is 0.552 bits per heavy atom. The predicted molar refractivity (Wildman–Crippen MR) is 120 cm³/mol. The van der Waals surface area contributed by atoms with E-state index in [1.807, 2.05) is 0 Å². The Morgan fingerprint density at radius 2 is 1.17 bits per heavy atom. The number of rotatable bonds is 0. The molecule has 0 aliphatic heterocycles. The minimum absolute atomic E-state index is 0.118. The van der Waals surface area contributed by atoms with Crippen molar-refractivity contribution in [1.29, 1.82) is 0 Å². The molecule has 0 nitrogen and oxygen atoms in total. The number of hydrogen-bond acceptors (Lipinski definition) is 0. The van der Waals surface area contributed by atoms with Gasteiger partial charge in [0.05, 0.1) is 5.41 Å². The van der Waals surface area contributed by atoms with Crippen LogP contribution in [0.1, 0.15) is 38.9 Å². The SMILES string of the molecule is Cc1ccc2c(c1)-c1ccccc1C21Cc2ccccc2CCc2ccccc21. The first-order valence-electron chi connectivity index (χ1n) is 10.6. The summed E-state index contributed by atoms with van der Waals surface area (Å²) in [7, 11) is 0. The van der Waals surface area contributed by atoms with Gasteiger partial charge in [-0.2, -0.15) is 0 Å². The van der Waals surface area contributed by atoms with Gasteiger partial charge in [0.1, 0.15) is 0 Å². The second-order valence-electron chi connectivity index (χ2n) is 8.60. The van der Waals surface area contributed by atoms with Gasteiger partial charge in [0, 0.05) is 0 Å². The first-order valence-corrected chi connectivity index (χ1v) is 10.6. The quantitative estimate of drug-likeness (QED) is 0.324. The summed E-state index contributed by atoms with van der Waals surface area (Å²) in [6.07, 6.45) is 3.23. The van der Waals surface area contributed by atoms with Gasteiger partial charge in [-0.05, 0) is 70.7 Å². The summed E-state index contributed by atoms with van der Waals surface area (Å²) in [4.78, 5) is 0. The zero-order valence-electron chi connectivity index (χ0n) is 16.8. The summed E-state index contributed by atoms with van der Waals surface area (Å²) >= 11 is 0. The monoisotopic (exact) mass is 372 g/mol. The van der Waals surface area contributed by atoms with Gasteiger partial charge in [0.25, 0.3) is 0 Å². The molecule has 29 heavy (non-hydrogen) atoms. The van der Waals surface area contributed by atoms with Crippen LogP contribution in [0.5, 0.6) is 0 Å². The summed E-state index contributed by atoms with van der Waals surface area (Å²) in [5.41, 5.74) is 12.9. The van der Waals surface area contributed by atoms with Crippen LogP contribution < -0.4 is 0 Å². The maximum absolute atomic E-state index is 2.39. The first kappa shape index (κ1) is 16.8. The lowest BCUT2D eigenvalue weighted by atomic mass is 9.65. The van der Waals surface area contributed by atoms with Gasteiger partial charge in [-0.15, -0.1) is 0 Å². The third-order valence-electron chi connectivity index (χ3n) is 7.03. The van der Waals surface area contributed by atoms with E-state index in [9.17, 15) is 0 Å². The van der Waals surface area contributed by atoms with E-state index >= 15 is 0 Å². The van der Waals surface area contributed by atoms with Crippen LogP contribution in [0.3, 0.4) is 0 Å². The highest BCUT2D eigenvalue weighted by molar-refractivity contribution is 5.84. The van der Waals surface area contributed by atoms with Gasteiger partial charge < -0.3 is 0 Å². The molecule has 0 fully saturated rings. The zero-order valence-corrected chi connectivity index (χ0v) is 16.8. The molecule has 2 aliphatic carbocycles. The highest BCUT2D eigenvalue weighted by atomic mass is 14.5. The summed E-state index contributed by atoms with van der Waals surface area (Å²) in [6, 6.07) is 34.4. The molecule has 0 N–H and O–H groups in total. The average Bonchev–Trinajstić information content (AvgIpc) is 3.02. The van der Waals surface area contributed by atoms with Crippen molar-refractivity contribution in [3.05, 3.63) is 130 Å². The van der Waals surface area contributed by atoms with Gasteiger partial charge in [0.2, 0.25) is 0 Å². The molecule has 0 saturated heterocycles. The predicted octanol–water partition coefficient (Wildman–Crippen LogP) is 6.65. The number of hydrogen-bond donors (Lipinski definition) is 0.